The van der Waals surface area contributed by atoms with Crippen LogP contribution in [0.3, 0.4) is 0 Å². The number of aliphatic hydroxyl groups is 1. The van der Waals surface area contributed by atoms with Gasteiger partial charge in [0, 0.05) is 23.6 Å². The minimum absolute atomic E-state index is 0.00948. The summed E-state index contributed by atoms with van der Waals surface area (Å²) in [5.74, 6) is 0.751. The molecule has 1 aromatic carbocycles. The average Bonchev–Trinajstić information content (AvgIpc) is 2.83. The number of rotatable bonds is 4. The number of nitrogens with zero attached hydrogens (tertiary/aromatic N) is 1. The zero-order valence-electron chi connectivity index (χ0n) is 9.26. The molecule has 16 heavy (non-hydrogen) atoms. The second kappa shape index (κ2) is 4.86. The lowest BCUT2D eigenvalue weighted by molar-refractivity contribution is 0.267. The van der Waals surface area contributed by atoms with Gasteiger partial charge >= 0.3 is 0 Å². The molecular formula is C13H15NO2. The summed E-state index contributed by atoms with van der Waals surface area (Å²) < 4.78 is 7.43. The van der Waals surface area contributed by atoms with Crippen molar-refractivity contribution < 1.29 is 9.84 Å². The van der Waals surface area contributed by atoms with E-state index in [4.69, 9.17) is 4.74 Å². The van der Waals surface area contributed by atoms with E-state index in [1.54, 1.807) is 0 Å². The Hall–Kier alpha value is -1.74. The fraction of sp³-hybridized carbons (Fsp3) is 0.231. The molecule has 0 unspecified atom stereocenters. The molecule has 3 heteroatoms. The average molecular weight is 217 g/mol. The monoisotopic (exact) mass is 217 g/mol. The molecule has 0 saturated carbocycles. The van der Waals surface area contributed by atoms with Crippen molar-refractivity contribution in [3.63, 3.8) is 0 Å². The van der Waals surface area contributed by atoms with Crippen LogP contribution in [0.4, 0.5) is 0 Å². The third-order valence-electron chi connectivity index (χ3n) is 2.42. The topological polar surface area (TPSA) is 34.4 Å². The second-order valence-corrected chi connectivity index (χ2v) is 3.47. The maximum absolute atomic E-state index is 9.28. The normalized spacial score (nSPS) is 10.4. The largest absolute Gasteiger partial charge is 0.494 e. The molecule has 84 valence electrons. The molecule has 0 amide bonds. The van der Waals surface area contributed by atoms with Gasteiger partial charge in [0.15, 0.2) is 0 Å². The van der Waals surface area contributed by atoms with Crippen LogP contribution in [0, 0.1) is 0 Å². The number of hydrogen-bond acceptors (Lipinski definition) is 2. The summed E-state index contributed by atoms with van der Waals surface area (Å²) in [6, 6.07) is 9.74. The van der Waals surface area contributed by atoms with Gasteiger partial charge in [0.1, 0.15) is 5.75 Å². The summed E-state index contributed by atoms with van der Waals surface area (Å²) in [4.78, 5) is 0. The molecule has 1 heterocycles. The summed E-state index contributed by atoms with van der Waals surface area (Å²) in [6.07, 6.45) is 3.94. The van der Waals surface area contributed by atoms with Gasteiger partial charge in [-0.1, -0.05) is 0 Å². The summed E-state index contributed by atoms with van der Waals surface area (Å²) >= 11 is 0. The van der Waals surface area contributed by atoms with Crippen LogP contribution >= 0.6 is 0 Å². The quantitative estimate of drug-likeness (QED) is 0.853. The molecule has 2 aromatic rings. The highest BCUT2D eigenvalue weighted by atomic mass is 16.5. The van der Waals surface area contributed by atoms with Crippen LogP contribution in [0.5, 0.6) is 5.75 Å². The third-order valence-corrected chi connectivity index (χ3v) is 2.42. The summed E-state index contributed by atoms with van der Waals surface area (Å²) in [5.41, 5.74) is 1.84. The summed E-state index contributed by atoms with van der Waals surface area (Å²) in [6.45, 7) is 2.53. The Morgan fingerprint density at radius 2 is 2.00 bits per heavy atom. The van der Waals surface area contributed by atoms with Crippen molar-refractivity contribution in [3.05, 3.63) is 48.3 Å². The highest BCUT2D eigenvalue weighted by molar-refractivity contribution is 5.44. The first kappa shape index (κ1) is 10.8. The van der Waals surface area contributed by atoms with Gasteiger partial charge < -0.3 is 14.4 Å². The van der Waals surface area contributed by atoms with Crippen LogP contribution < -0.4 is 4.74 Å². The van der Waals surface area contributed by atoms with E-state index in [1.807, 2.05) is 54.2 Å². The van der Waals surface area contributed by atoms with Gasteiger partial charge in [-0.25, -0.2) is 0 Å². The molecule has 0 fully saturated rings. The van der Waals surface area contributed by atoms with Crippen LogP contribution in [0.2, 0.25) is 0 Å². The lowest BCUT2D eigenvalue weighted by Crippen LogP contribution is -1.99. The molecule has 0 radical (unpaired) electrons. The van der Waals surface area contributed by atoms with Gasteiger partial charge in [-0.2, -0.15) is 0 Å². The first-order valence-corrected chi connectivity index (χ1v) is 5.35. The van der Waals surface area contributed by atoms with Crippen LogP contribution in [-0.4, -0.2) is 16.3 Å². The fourth-order valence-corrected chi connectivity index (χ4v) is 1.65. The van der Waals surface area contributed by atoms with Crippen LogP contribution in [0.25, 0.3) is 5.69 Å². The maximum atomic E-state index is 9.28. The highest BCUT2D eigenvalue weighted by Crippen LogP contribution is 2.22. The number of aliphatic hydroxyl groups excluding tert-OH is 1. The van der Waals surface area contributed by atoms with Crippen LogP contribution in [0.15, 0.2) is 42.7 Å². The molecule has 0 saturated heterocycles. The first-order chi connectivity index (χ1) is 7.85. The van der Waals surface area contributed by atoms with Crippen LogP contribution in [0.1, 0.15) is 12.5 Å². The van der Waals surface area contributed by atoms with E-state index in [9.17, 15) is 5.11 Å². The van der Waals surface area contributed by atoms with E-state index >= 15 is 0 Å². The van der Waals surface area contributed by atoms with Gasteiger partial charge in [0.05, 0.1) is 13.2 Å². The van der Waals surface area contributed by atoms with E-state index in [0.717, 1.165) is 17.0 Å². The molecule has 0 aliphatic carbocycles. The molecular weight excluding hydrogens is 202 g/mol. The van der Waals surface area contributed by atoms with Crippen molar-refractivity contribution in [2.24, 2.45) is 0 Å². The van der Waals surface area contributed by atoms with Gasteiger partial charge in [-0.15, -0.1) is 0 Å². The minimum Gasteiger partial charge on any atom is -0.494 e. The predicted octanol–water partition coefficient (Wildman–Crippen LogP) is 2.37. The second-order valence-electron chi connectivity index (χ2n) is 3.47. The van der Waals surface area contributed by atoms with Crippen molar-refractivity contribution in [3.8, 4) is 11.4 Å². The third kappa shape index (κ3) is 2.09. The fourth-order valence-electron chi connectivity index (χ4n) is 1.65. The van der Waals surface area contributed by atoms with E-state index in [1.165, 1.54) is 0 Å². The number of ether oxygens (including phenoxy) is 1. The van der Waals surface area contributed by atoms with E-state index in [2.05, 4.69) is 0 Å². The van der Waals surface area contributed by atoms with Crippen LogP contribution in [-0.2, 0) is 6.61 Å². The Bertz CT molecular complexity index is 449. The lowest BCUT2D eigenvalue weighted by atomic mass is 10.2. The smallest absolute Gasteiger partial charge is 0.124 e. The molecule has 1 N–H and O–H groups in total. The molecule has 2 rings (SSSR count). The SMILES string of the molecule is CCOc1ccc(-n2cccc2)cc1CO. The zero-order valence-corrected chi connectivity index (χ0v) is 9.26. The molecule has 0 atom stereocenters. The van der Waals surface area contributed by atoms with Crippen molar-refractivity contribution in [1.29, 1.82) is 0 Å². The molecule has 0 spiro atoms. The standard InChI is InChI=1S/C13H15NO2/c1-2-16-13-6-5-12(9-11(13)10-15)14-7-3-4-8-14/h3-9,15H,2,10H2,1H3. The van der Waals surface area contributed by atoms with E-state index < -0.39 is 0 Å². The minimum atomic E-state index is -0.00948. The predicted molar refractivity (Wildman–Crippen MR) is 62.9 cm³/mol. The Labute approximate surface area is 94.9 Å². The first-order valence-electron chi connectivity index (χ1n) is 5.35. The lowest BCUT2D eigenvalue weighted by Gasteiger charge is -2.11. The highest BCUT2D eigenvalue weighted by Gasteiger charge is 2.04. The van der Waals surface area contributed by atoms with Crippen molar-refractivity contribution >= 4 is 0 Å². The van der Waals surface area contributed by atoms with Crippen molar-refractivity contribution in [2.45, 2.75) is 13.5 Å². The molecule has 0 bridgehead atoms. The van der Waals surface area contributed by atoms with E-state index in [-0.39, 0.29) is 6.61 Å². The summed E-state index contributed by atoms with van der Waals surface area (Å²) in [7, 11) is 0. The Morgan fingerprint density at radius 3 is 2.62 bits per heavy atom. The van der Waals surface area contributed by atoms with Crippen molar-refractivity contribution in [1.82, 2.24) is 4.57 Å². The Morgan fingerprint density at radius 1 is 1.25 bits per heavy atom. The van der Waals surface area contributed by atoms with Gasteiger partial charge in [0.2, 0.25) is 0 Å². The molecule has 1 aromatic heterocycles. The Balaban J connectivity index is 2.36. The van der Waals surface area contributed by atoms with Gasteiger partial charge in [0.25, 0.3) is 0 Å². The number of hydrogen-bond donors (Lipinski definition) is 1. The molecule has 0 aliphatic heterocycles. The number of aromatic nitrogens is 1. The van der Waals surface area contributed by atoms with E-state index in [0.29, 0.717) is 6.61 Å². The van der Waals surface area contributed by atoms with Crippen molar-refractivity contribution in [2.75, 3.05) is 6.61 Å². The zero-order chi connectivity index (χ0) is 11.4. The number of benzene rings is 1. The Kier molecular flexibility index (Phi) is 3.27. The van der Waals surface area contributed by atoms with Gasteiger partial charge in [-0.05, 0) is 37.3 Å². The summed E-state index contributed by atoms with van der Waals surface area (Å²) in [5, 5.41) is 9.28. The molecule has 3 nitrogen and oxygen atoms in total. The van der Waals surface area contributed by atoms with Gasteiger partial charge in [-0.3, -0.25) is 0 Å². The molecule has 0 aliphatic rings. The maximum Gasteiger partial charge on any atom is 0.124 e.